The van der Waals surface area contributed by atoms with Gasteiger partial charge in [-0.2, -0.15) is 11.3 Å². The Hall–Kier alpha value is -2.08. The number of hydrogen-bond donors (Lipinski definition) is 2. The highest BCUT2D eigenvalue weighted by Gasteiger charge is 2.16. The topological polar surface area (TPSA) is 61.8 Å². The Balaban J connectivity index is 2.36. The molecule has 0 saturated carbocycles. The molecule has 100 valence electrons. The number of thiophene rings is 1. The molecule has 0 aliphatic heterocycles. The average Bonchev–Trinajstić information content (AvgIpc) is 2.90. The van der Waals surface area contributed by atoms with Crippen molar-refractivity contribution in [2.24, 2.45) is 10.9 Å². The van der Waals surface area contributed by atoms with Crippen molar-refractivity contribution in [2.45, 2.75) is 6.54 Å². The van der Waals surface area contributed by atoms with Crippen LogP contribution in [-0.2, 0) is 6.54 Å². The van der Waals surface area contributed by atoms with Crippen LogP contribution in [-0.4, -0.2) is 18.1 Å². The fraction of sp³-hybridized carbons (Fsp3) is 0.154. The van der Waals surface area contributed by atoms with Crippen LogP contribution in [0.25, 0.3) is 0 Å². The molecular weight excluding hydrogens is 265 g/mol. The molecule has 0 aliphatic carbocycles. The molecule has 0 bridgehead atoms. The van der Waals surface area contributed by atoms with Gasteiger partial charge >= 0.3 is 0 Å². The van der Waals surface area contributed by atoms with Crippen molar-refractivity contribution in [3.05, 3.63) is 52.0 Å². The summed E-state index contributed by atoms with van der Waals surface area (Å²) in [6.45, 7) is 0.624. The summed E-state index contributed by atoms with van der Waals surface area (Å²) in [6.07, 6.45) is 0. The van der Waals surface area contributed by atoms with Gasteiger partial charge in [0.15, 0.2) is 5.84 Å². The summed E-state index contributed by atoms with van der Waals surface area (Å²) in [4.78, 5) is 1.86. The zero-order valence-electron chi connectivity index (χ0n) is 10.4. The molecule has 19 heavy (non-hydrogen) atoms. The van der Waals surface area contributed by atoms with Gasteiger partial charge in [-0.05, 0) is 34.5 Å². The maximum absolute atomic E-state index is 13.8. The summed E-state index contributed by atoms with van der Waals surface area (Å²) in [7, 11) is 1.83. The summed E-state index contributed by atoms with van der Waals surface area (Å²) in [5.41, 5.74) is 7.37. The second-order valence-electron chi connectivity index (χ2n) is 4.11. The van der Waals surface area contributed by atoms with Crippen LogP contribution in [0.4, 0.5) is 10.1 Å². The van der Waals surface area contributed by atoms with Crippen LogP contribution in [0.15, 0.2) is 40.2 Å². The highest BCUT2D eigenvalue weighted by Crippen LogP contribution is 2.24. The smallest absolute Gasteiger partial charge is 0.175 e. The van der Waals surface area contributed by atoms with Crippen molar-refractivity contribution >= 4 is 22.9 Å². The Kier molecular flexibility index (Phi) is 4.01. The first-order chi connectivity index (χ1) is 9.13. The third-order valence-corrected chi connectivity index (χ3v) is 3.50. The summed E-state index contributed by atoms with van der Waals surface area (Å²) < 4.78 is 13.8. The largest absolute Gasteiger partial charge is 0.409 e. The van der Waals surface area contributed by atoms with E-state index in [0.717, 1.165) is 5.56 Å². The van der Waals surface area contributed by atoms with E-state index >= 15 is 0 Å². The molecule has 1 aromatic heterocycles. The number of rotatable bonds is 4. The first kappa shape index (κ1) is 13.4. The quantitative estimate of drug-likeness (QED) is 0.391. The monoisotopic (exact) mass is 279 g/mol. The third-order valence-electron chi connectivity index (χ3n) is 2.77. The van der Waals surface area contributed by atoms with Crippen molar-refractivity contribution in [3.63, 3.8) is 0 Å². The minimum atomic E-state index is -0.509. The third kappa shape index (κ3) is 2.85. The predicted octanol–water partition coefficient (Wildman–Crippen LogP) is 2.62. The van der Waals surface area contributed by atoms with E-state index in [-0.39, 0.29) is 11.4 Å². The molecule has 0 spiro atoms. The van der Waals surface area contributed by atoms with Crippen LogP contribution in [0.1, 0.15) is 11.1 Å². The van der Waals surface area contributed by atoms with E-state index in [1.807, 2.05) is 28.8 Å². The van der Waals surface area contributed by atoms with Crippen molar-refractivity contribution in [2.75, 3.05) is 11.9 Å². The van der Waals surface area contributed by atoms with E-state index in [9.17, 15) is 4.39 Å². The maximum atomic E-state index is 13.8. The van der Waals surface area contributed by atoms with Crippen LogP contribution in [0.3, 0.4) is 0 Å². The van der Waals surface area contributed by atoms with Crippen molar-refractivity contribution < 1.29 is 9.60 Å². The second kappa shape index (κ2) is 5.71. The molecule has 0 radical (unpaired) electrons. The van der Waals surface area contributed by atoms with E-state index < -0.39 is 5.82 Å². The first-order valence-corrected chi connectivity index (χ1v) is 6.56. The van der Waals surface area contributed by atoms with E-state index in [4.69, 9.17) is 10.9 Å². The molecule has 0 amide bonds. The number of oxime groups is 1. The van der Waals surface area contributed by atoms with Gasteiger partial charge in [-0.1, -0.05) is 11.2 Å². The lowest BCUT2D eigenvalue weighted by Crippen LogP contribution is -2.23. The summed E-state index contributed by atoms with van der Waals surface area (Å²) in [5.74, 6) is -0.741. The standard InChI is InChI=1S/C13H14FN3OS/c1-17(7-9-5-6-19-8-9)11-4-2-3-10(14)12(11)13(15)16-18/h2-6,8,18H,7H2,1H3,(H2,15,16). The molecule has 1 aromatic carbocycles. The molecule has 1 heterocycles. The fourth-order valence-electron chi connectivity index (χ4n) is 1.88. The van der Waals surface area contributed by atoms with Gasteiger partial charge in [0.05, 0.1) is 11.3 Å². The lowest BCUT2D eigenvalue weighted by atomic mass is 10.1. The molecule has 0 saturated heterocycles. The Bertz CT molecular complexity index is 584. The highest BCUT2D eigenvalue weighted by molar-refractivity contribution is 7.07. The number of amidine groups is 1. The zero-order valence-corrected chi connectivity index (χ0v) is 11.2. The SMILES string of the molecule is CN(Cc1ccsc1)c1cccc(F)c1C(N)=NO. The van der Waals surface area contributed by atoms with Crippen molar-refractivity contribution in [1.29, 1.82) is 0 Å². The first-order valence-electron chi connectivity index (χ1n) is 5.62. The van der Waals surface area contributed by atoms with E-state index in [0.29, 0.717) is 12.2 Å². The molecular formula is C13H14FN3OS. The summed E-state index contributed by atoms with van der Waals surface area (Å²) in [6, 6.07) is 6.63. The fourth-order valence-corrected chi connectivity index (χ4v) is 2.54. The molecule has 6 heteroatoms. The molecule has 2 aromatic rings. The number of benzene rings is 1. The second-order valence-corrected chi connectivity index (χ2v) is 4.89. The Morgan fingerprint density at radius 3 is 2.89 bits per heavy atom. The van der Waals surface area contributed by atoms with Crippen LogP contribution in [0.5, 0.6) is 0 Å². The van der Waals surface area contributed by atoms with E-state index in [1.54, 1.807) is 23.5 Å². The Morgan fingerprint density at radius 2 is 2.26 bits per heavy atom. The number of nitrogens with two attached hydrogens (primary N) is 1. The normalized spacial score (nSPS) is 11.6. The molecule has 4 nitrogen and oxygen atoms in total. The predicted molar refractivity (Wildman–Crippen MR) is 75.3 cm³/mol. The van der Waals surface area contributed by atoms with Gasteiger partial charge in [0.1, 0.15) is 5.82 Å². The summed E-state index contributed by atoms with van der Waals surface area (Å²) >= 11 is 1.61. The molecule has 0 atom stereocenters. The number of nitrogens with zero attached hydrogens (tertiary/aromatic N) is 2. The molecule has 0 unspecified atom stereocenters. The highest BCUT2D eigenvalue weighted by atomic mass is 32.1. The number of halogens is 1. The van der Waals surface area contributed by atoms with Gasteiger partial charge in [0.25, 0.3) is 0 Å². The van der Waals surface area contributed by atoms with Crippen LogP contribution < -0.4 is 10.6 Å². The number of hydrogen-bond acceptors (Lipinski definition) is 4. The van der Waals surface area contributed by atoms with Crippen LogP contribution in [0, 0.1) is 5.82 Å². The van der Waals surface area contributed by atoms with Gasteiger partial charge < -0.3 is 15.8 Å². The molecule has 0 fully saturated rings. The van der Waals surface area contributed by atoms with Gasteiger partial charge in [0, 0.05) is 13.6 Å². The lowest BCUT2D eigenvalue weighted by Gasteiger charge is -2.21. The van der Waals surface area contributed by atoms with Gasteiger partial charge in [0.2, 0.25) is 0 Å². The van der Waals surface area contributed by atoms with Gasteiger partial charge in [-0.3, -0.25) is 0 Å². The van der Waals surface area contributed by atoms with Crippen LogP contribution in [0.2, 0.25) is 0 Å². The maximum Gasteiger partial charge on any atom is 0.175 e. The summed E-state index contributed by atoms with van der Waals surface area (Å²) in [5, 5.41) is 15.7. The zero-order chi connectivity index (χ0) is 13.8. The van der Waals surface area contributed by atoms with E-state index in [2.05, 4.69) is 5.16 Å². The molecule has 3 N–H and O–H groups in total. The van der Waals surface area contributed by atoms with Crippen molar-refractivity contribution in [1.82, 2.24) is 0 Å². The average molecular weight is 279 g/mol. The minimum absolute atomic E-state index is 0.114. The molecule has 0 aliphatic rings. The number of anilines is 1. The van der Waals surface area contributed by atoms with Crippen molar-refractivity contribution in [3.8, 4) is 0 Å². The van der Waals surface area contributed by atoms with Crippen LogP contribution >= 0.6 is 11.3 Å². The Labute approximate surface area is 114 Å². The van der Waals surface area contributed by atoms with E-state index in [1.165, 1.54) is 6.07 Å². The van der Waals surface area contributed by atoms with Gasteiger partial charge in [-0.15, -0.1) is 0 Å². The lowest BCUT2D eigenvalue weighted by molar-refractivity contribution is 0.318. The Morgan fingerprint density at radius 1 is 1.47 bits per heavy atom. The minimum Gasteiger partial charge on any atom is -0.409 e. The van der Waals surface area contributed by atoms with Gasteiger partial charge in [-0.25, -0.2) is 4.39 Å². The molecule has 2 rings (SSSR count).